The number of rotatable bonds is 6. The van der Waals surface area contributed by atoms with Crippen molar-refractivity contribution in [3.05, 3.63) is 138 Å². The molecule has 4 aromatic carbocycles. The average molecular weight is 529 g/mol. The predicted octanol–water partition coefficient (Wildman–Crippen LogP) is 7.81. The molecule has 0 N–H and O–H groups in total. The number of hydrogen-bond donors (Lipinski definition) is 0. The molecule has 0 saturated carbocycles. The summed E-state index contributed by atoms with van der Waals surface area (Å²) >= 11 is 2.59. The molecule has 0 aliphatic heterocycles. The van der Waals surface area contributed by atoms with Gasteiger partial charge >= 0.3 is 4.83 Å². The molecule has 4 rings (SSSR count). The van der Waals surface area contributed by atoms with Gasteiger partial charge in [0.2, 0.25) is 0 Å². The molecule has 0 aliphatic rings. The fourth-order valence-electron chi connectivity index (χ4n) is 3.58. The van der Waals surface area contributed by atoms with Crippen LogP contribution < -0.4 is 0 Å². The standard InChI is InChI=1S/C30H23BrF2N2/c31-30(32,33)29(34-28-19-11-10-18-27(28)21-20-24-12-4-1-5-13-24)35(22-25-14-6-2-7-15-25)23-26-16-8-3-9-17-26/h1-19H,22-23H2. The Bertz CT molecular complexity index is 1280. The molecule has 0 heterocycles. The van der Waals surface area contributed by atoms with E-state index in [0.29, 0.717) is 11.3 Å². The molecule has 0 bridgehead atoms. The van der Waals surface area contributed by atoms with Crippen molar-refractivity contribution in [1.29, 1.82) is 0 Å². The van der Waals surface area contributed by atoms with Crippen LogP contribution in [-0.4, -0.2) is 15.6 Å². The van der Waals surface area contributed by atoms with E-state index in [0.717, 1.165) is 16.7 Å². The van der Waals surface area contributed by atoms with Crippen molar-refractivity contribution in [3.63, 3.8) is 0 Å². The van der Waals surface area contributed by atoms with Gasteiger partial charge in [0.15, 0.2) is 5.84 Å². The first-order chi connectivity index (χ1) is 17.0. The van der Waals surface area contributed by atoms with Crippen molar-refractivity contribution in [2.24, 2.45) is 4.99 Å². The summed E-state index contributed by atoms with van der Waals surface area (Å²) in [5, 5.41) is 0. The van der Waals surface area contributed by atoms with Gasteiger partial charge in [0.1, 0.15) is 0 Å². The van der Waals surface area contributed by atoms with E-state index >= 15 is 8.78 Å². The van der Waals surface area contributed by atoms with E-state index < -0.39 is 4.83 Å². The minimum Gasteiger partial charge on any atom is -0.346 e. The molecule has 0 atom stereocenters. The van der Waals surface area contributed by atoms with E-state index in [-0.39, 0.29) is 18.9 Å². The van der Waals surface area contributed by atoms with Crippen LogP contribution in [0.1, 0.15) is 22.3 Å². The quantitative estimate of drug-likeness (QED) is 0.108. The molecule has 2 nitrogen and oxygen atoms in total. The minimum atomic E-state index is -3.35. The Kier molecular flexibility index (Phi) is 8.07. The van der Waals surface area contributed by atoms with Crippen LogP contribution in [0.15, 0.2) is 120 Å². The highest BCUT2D eigenvalue weighted by Gasteiger charge is 2.37. The van der Waals surface area contributed by atoms with Gasteiger partial charge in [0.25, 0.3) is 0 Å². The number of nitrogens with zero attached hydrogens (tertiary/aromatic N) is 2. The van der Waals surface area contributed by atoms with Crippen LogP contribution in [0.5, 0.6) is 0 Å². The molecule has 4 aromatic rings. The topological polar surface area (TPSA) is 15.6 Å². The summed E-state index contributed by atoms with van der Waals surface area (Å²) in [7, 11) is 0. The van der Waals surface area contributed by atoms with Crippen LogP contribution >= 0.6 is 15.9 Å². The second-order valence-electron chi connectivity index (χ2n) is 7.89. The molecule has 0 fully saturated rings. The molecule has 0 spiro atoms. The average Bonchev–Trinajstić information content (AvgIpc) is 2.87. The number of para-hydroxylation sites is 1. The summed E-state index contributed by atoms with van der Waals surface area (Å²) in [5.41, 5.74) is 3.61. The molecule has 0 radical (unpaired) electrons. The molecule has 174 valence electrons. The molecule has 0 saturated heterocycles. The Morgan fingerprint density at radius 1 is 0.686 bits per heavy atom. The van der Waals surface area contributed by atoms with Gasteiger partial charge in [-0.05, 0) is 51.3 Å². The number of alkyl halides is 3. The number of amidine groups is 1. The summed E-state index contributed by atoms with van der Waals surface area (Å²) in [4.78, 5) is 2.73. The Morgan fingerprint density at radius 2 is 1.17 bits per heavy atom. The lowest BCUT2D eigenvalue weighted by Crippen LogP contribution is -2.39. The third-order valence-corrected chi connectivity index (χ3v) is 5.59. The summed E-state index contributed by atoms with van der Waals surface area (Å²) in [5.74, 6) is 5.80. The molecule has 35 heavy (non-hydrogen) atoms. The minimum absolute atomic E-state index is 0.271. The lowest BCUT2D eigenvalue weighted by molar-refractivity contribution is 0.168. The van der Waals surface area contributed by atoms with Gasteiger partial charge in [-0.1, -0.05) is 103 Å². The number of aliphatic imine (C=N–C) groups is 1. The zero-order valence-electron chi connectivity index (χ0n) is 18.9. The molecule has 0 unspecified atom stereocenters. The van der Waals surface area contributed by atoms with Crippen LogP contribution in [0.4, 0.5) is 14.5 Å². The Balaban J connectivity index is 1.76. The van der Waals surface area contributed by atoms with Crippen LogP contribution in [0.2, 0.25) is 0 Å². The van der Waals surface area contributed by atoms with E-state index in [4.69, 9.17) is 0 Å². The van der Waals surface area contributed by atoms with E-state index in [1.165, 1.54) is 0 Å². The molecule has 0 aliphatic carbocycles. The molecular formula is C30H23BrF2N2. The highest BCUT2D eigenvalue weighted by molar-refractivity contribution is 9.10. The van der Waals surface area contributed by atoms with Crippen molar-refractivity contribution in [2.45, 2.75) is 17.9 Å². The van der Waals surface area contributed by atoms with Crippen molar-refractivity contribution in [3.8, 4) is 11.8 Å². The first-order valence-corrected chi connectivity index (χ1v) is 11.9. The monoisotopic (exact) mass is 528 g/mol. The van der Waals surface area contributed by atoms with Gasteiger partial charge in [-0.2, -0.15) is 8.78 Å². The second-order valence-corrected chi connectivity index (χ2v) is 8.89. The molecular weight excluding hydrogens is 506 g/mol. The van der Waals surface area contributed by atoms with Gasteiger partial charge in [0, 0.05) is 18.7 Å². The number of hydrogen-bond acceptors (Lipinski definition) is 1. The fraction of sp³-hybridized carbons (Fsp3) is 0.100. The fourth-order valence-corrected chi connectivity index (χ4v) is 3.92. The Hall–Kier alpha value is -3.75. The van der Waals surface area contributed by atoms with Crippen molar-refractivity contribution >= 4 is 27.5 Å². The SMILES string of the molecule is FC(F)(Br)C(=Nc1ccccc1C#Cc1ccccc1)N(Cc1ccccc1)Cc1ccccc1. The summed E-state index contributed by atoms with van der Waals surface area (Å²) in [6.45, 7) is 0.543. The number of benzene rings is 4. The third kappa shape index (κ3) is 7.11. The van der Waals surface area contributed by atoms with Gasteiger partial charge in [0.05, 0.1) is 11.3 Å². The van der Waals surface area contributed by atoms with Crippen molar-refractivity contribution in [1.82, 2.24) is 4.90 Å². The van der Waals surface area contributed by atoms with Gasteiger partial charge in [-0.25, -0.2) is 4.99 Å². The maximum absolute atomic E-state index is 15.0. The predicted molar refractivity (Wildman–Crippen MR) is 142 cm³/mol. The second kappa shape index (κ2) is 11.6. The Labute approximate surface area is 213 Å². The first kappa shape index (κ1) is 24.4. The van der Waals surface area contributed by atoms with Crippen LogP contribution in [-0.2, 0) is 13.1 Å². The van der Waals surface area contributed by atoms with E-state index in [1.807, 2.05) is 97.1 Å². The van der Waals surface area contributed by atoms with E-state index in [1.54, 1.807) is 23.1 Å². The lowest BCUT2D eigenvalue weighted by atomic mass is 10.1. The van der Waals surface area contributed by atoms with Crippen LogP contribution in [0.25, 0.3) is 0 Å². The largest absolute Gasteiger partial charge is 0.357 e. The number of halogens is 3. The van der Waals surface area contributed by atoms with E-state index in [2.05, 4.69) is 32.8 Å². The molecule has 0 aromatic heterocycles. The molecule has 5 heteroatoms. The summed E-state index contributed by atoms with van der Waals surface area (Å²) in [6.07, 6.45) is 0. The maximum Gasteiger partial charge on any atom is 0.357 e. The van der Waals surface area contributed by atoms with Gasteiger partial charge in [-0.15, -0.1) is 0 Å². The van der Waals surface area contributed by atoms with Crippen molar-refractivity contribution < 1.29 is 8.78 Å². The summed E-state index contributed by atoms with van der Waals surface area (Å²) < 4.78 is 30.0. The maximum atomic E-state index is 15.0. The smallest absolute Gasteiger partial charge is 0.346 e. The van der Waals surface area contributed by atoms with Gasteiger partial charge < -0.3 is 4.90 Å². The van der Waals surface area contributed by atoms with Crippen molar-refractivity contribution in [2.75, 3.05) is 0 Å². The normalized spacial score (nSPS) is 11.5. The van der Waals surface area contributed by atoms with E-state index in [9.17, 15) is 0 Å². The van der Waals surface area contributed by atoms with Crippen LogP contribution in [0, 0.1) is 11.8 Å². The zero-order chi connectivity index (χ0) is 24.5. The Morgan fingerprint density at radius 3 is 1.71 bits per heavy atom. The van der Waals surface area contributed by atoms with Crippen LogP contribution in [0.3, 0.4) is 0 Å². The first-order valence-electron chi connectivity index (χ1n) is 11.1. The zero-order valence-corrected chi connectivity index (χ0v) is 20.5. The highest BCUT2D eigenvalue weighted by Crippen LogP contribution is 2.31. The summed E-state index contributed by atoms with van der Waals surface area (Å²) in [6, 6.07) is 35.7. The third-order valence-electron chi connectivity index (χ3n) is 5.23. The molecule has 0 amide bonds. The highest BCUT2D eigenvalue weighted by atomic mass is 79.9. The van der Waals surface area contributed by atoms with Gasteiger partial charge in [-0.3, -0.25) is 0 Å². The lowest BCUT2D eigenvalue weighted by Gasteiger charge is -2.29.